The Morgan fingerprint density at radius 3 is 2.50 bits per heavy atom. The minimum atomic E-state index is -3.93. The van der Waals surface area contributed by atoms with E-state index in [4.69, 9.17) is 0 Å². The van der Waals surface area contributed by atoms with Gasteiger partial charge in [-0.25, -0.2) is 13.8 Å². The van der Waals surface area contributed by atoms with E-state index in [1.165, 1.54) is 42.5 Å². The first-order chi connectivity index (χ1) is 15.2. The number of nitro benzene ring substituents is 1. The highest BCUT2D eigenvalue weighted by atomic mass is 32.2. The van der Waals surface area contributed by atoms with Crippen LogP contribution in [0.15, 0.2) is 76.7 Å². The maximum Gasteiger partial charge on any atom is 0.278 e. The summed E-state index contributed by atoms with van der Waals surface area (Å²) in [5.41, 5.74) is 4.59. The maximum absolute atomic E-state index is 12.8. The molecule has 0 aliphatic rings. The van der Waals surface area contributed by atoms with E-state index in [2.05, 4.69) is 15.2 Å². The number of nitrogens with zero attached hydrogens (tertiary/aromatic N) is 2. The third kappa shape index (κ3) is 5.35. The van der Waals surface area contributed by atoms with Crippen molar-refractivity contribution < 1.29 is 18.1 Å². The van der Waals surface area contributed by atoms with E-state index >= 15 is 0 Å². The van der Waals surface area contributed by atoms with Crippen molar-refractivity contribution in [3.63, 3.8) is 0 Å². The quantitative estimate of drug-likeness (QED) is 0.320. The predicted molar refractivity (Wildman–Crippen MR) is 121 cm³/mol. The molecule has 0 fully saturated rings. The van der Waals surface area contributed by atoms with Crippen LogP contribution in [0.3, 0.4) is 0 Å². The summed E-state index contributed by atoms with van der Waals surface area (Å²) < 4.78 is 28.1. The molecule has 9 nitrogen and oxygen atoms in total. The average molecular weight is 452 g/mol. The number of rotatable bonds is 7. The number of carbonyl (C=O) groups is 1. The highest BCUT2D eigenvalue weighted by Gasteiger charge is 2.17. The Kier molecular flexibility index (Phi) is 6.64. The van der Waals surface area contributed by atoms with E-state index in [9.17, 15) is 23.3 Å². The van der Waals surface area contributed by atoms with Crippen LogP contribution in [0, 0.1) is 24.0 Å². The second kappa shape index (κ2) is 9.40. The molecule has 0 aromatic heterocycles. The van der Waals surface area contributed by atoms with Gasteiger partial charge in [0.25, 0.3) is 21.6 Å². The van der Waals surface area contributed by atoms with Crippen LogP contribution in [-0.2, 0) is 10.0 Å². The number of hydrazone groups is 1. The monoisotopic (exact) mass is 452 g/mol. The number of nitrogens with one attached hydrogen (secondary N) is 2. The first-order valence-corrected chi connectivity index (χ1v) is 10.9. The van der Waals surface area contributed by atoms with Crippen molar-refractivity contribution in [2.75, 3.05) is 4.72 Å². The van der Waals surface area contributed by atoms with Gasteiger partial charge in [0.1, 0.15) is 0 Å². The third-order valence-corrected chi connectivity index (χ3v) is 5.90. The highest BCUT2D eigenvalue weighted by Crippen LogP contribution is 2.21. The van der Waals surface area contributed by atoms with Gasteiger partial charge < -0.3 is 0 Å². The van der Waals surface area contributed by atoms with Crippen molar-refractivity contribution in [1.29, 1.82) is 0 Å². The minimum absolute atomic E-state index is 0.0632. The van der Waals surface area contributed by atoms with Crippen molar-refractivity contribution in [2.45, 2.75) is 18.7 Å². The fraction of sp³-hybridized carbons (Fsp3) is 0.0909. The van der Waals surface area contributed by atoms with Crippen molar-refractivity contribution in [3.05, 3.63) is 99.1 Å². The summed E-state index contributed by atoms with van der Waals surface area (Å²) in [4.78, 5) is 22.8. The van der Waals surface area contributed by atoms with E-state index < -0.39 is 20.9 Å². The Hall–Kier alpha value is -4.05. The molecular formula is C22H20N4O5S. The number of hydrogen-bond acceptors (Lipinski definition) is 6. The molecule has 0 atom stereocenters. The molecule has 0 radical (unpaired) electrons. The smallest absolute Gasteiger partial charge is 0.278 e. The van der Waals surface area contributed by atoms with Crippen LogP contribution < -0.4 is 10.1 Å². The number of para-hydroxylation sites is 1. The fourth-order valence-electron chi connectivity index (χ4n) is 2.92. The van der Waals surface area contributed by atoms with Gasteiger partial charge in [-0.1, -0.05) is 35.9 Å². The summed E-state index contributed by atoms with van der Waals surface area (Å²) in [6.07, 6.45) is 1.15. The predicted octanol–water partition coefficient (Wildman–Crippen LogP) is 3.78. The van der Waals surface area contributed by atoms with Crippen molar-refractivity contribution >= 4 is 33.5 Å². The number of nitro groups is 1. The molecule has 1 amide bonds. The van der Waals surface area contributed by atoms with E-state index in [-0.39, 0.29) is 21.7 Å². The molecule has 0 aliphatic heterocycles. The molecule has 3 aromatic carbocycles. The lowest BCUT2D eigenvalue weighted by Gasteiger charge is -2.12. The topological polar surface area (TPSA) is 131 Å². The Bertz CT molecular complexity index is 1320. The van der Waals surface area contributed by atoms with Crippen LogP contribution in [0.5, 0.6) is 0 Å². The summed E-state index contributed by atoms with van der Waals surface area (Å²) in [7, 11) is -3.93. The molecule has 3 aromatic rings. The fourth-order valence-corrected chi connectivity index (χ4v) is 4.10. The van der Waals surface area contributed by atoms with E-state index in [1.54, 1.807) is 25.1 Å². The van der Waals surface area contributed by atoms with Crippen LogP contribution in [0.1, 0.15) is 27.0 Å². The number of benzene rings is 3. The molecule has 0 unspecified atom stereocenters. The number of anilines is 1. The largest absolute Gasteiger partial charge is 0.279 e. The summed E-state index contributed by atoms with van der Waals surface area (Å²) in [6, 6.07) is 16.7. The SMILES string of the molecule is Cc1ccc(NS(=O)(=O)c2cccc(C(=O)N/N=C/c3ccccc3[N+](=O)[O-])c2)c(C)c1. The molecule has 0 bridgehead atoms. The van der Waals surface area contributed by atoms with Gasteiger partial charge in [-0.05, 0) is 49.7 Å². The number of aryl methyl sites for hydroxylation is 2. The third-order valence-electron chi connectivity index (χ3n) is 4.54. The van der Waals surface area contributed by atoms with Gasteiger partial charge >= 0.3 is 0 Å². The molecule has 3 rings (SSSR count). The molecular weight excluding hydrogens is 432 g/mol. The number of amides is 1. The molecule has 2 N–H and O–H groups in total. The average Bonchev–Trinajstić information content (AvgIpc) is 2.76. The molecule has 10 heteroatoms. The molecule has 0 heterocycles. The van der Waals surface area contributed by atoms with Gasteiger partial charge in [-0.3, -0.25) is 19.6 Å². The van der Waals surface area contributed by atoms with Gasteiger partial charge in [-0.2, -0.15) is 5.10 Å². The number of carbonyl (C=O) groups excluding carboxylic acids is 1. The number of hydrogen-bond donors (Lipinski definition) is 2. The van der Waals surface area contributed by atoms with Gasteiger partial charge in [0.15, 0.2) is 0 Å². The van der Waals surface area contributed by atoms with Crippen LogP contribution in [0.4, 0.5) is 11.4 Å². The van der Waals surface area contributed by atoms with Crippen molar-refractivity contribution in [3.8, 4) is 0 Å². The van der Waals surface area contributed by atoms with Gasteiger partial charge in [-0.15, -0.1) is 0 Å². The highest BCUT2D eigenvalue weighted by molar-refractivity contribution is 7.92. The van der Waals surface area contributed by atoms with Crippen LogP contribution in [0.2, 0.25) is 0 Å². The molecule has 32 heavy (non-hydrogen) atoms. The lowest BCUT2D eigenvalue weighted by Crippen LogP contribution is -2.19. The Labute approximate surface area is 185 Å². The minimum Gasteiger partial charge on any atom is -0.279 e. The Morgan fingerprint density at radius 2 is 1.78 bits per heavy atom. The summed E-state index contributed by atoms with van der Waals surface area (Å²) >= 11 is 0. The van der Waals surface area contributed by atoms with Crippen LogP contribution >= 0.6 is 0 Å². The first kappa shape index (κ1) is 22.6. The Morgan fingerprint density at radius 1 is 1.03 bits per heavy atom. The summed E-state index contributed by atoms with van der Waals surface area (Å²) in [5, 5.41) is 14.8. The van der Waals surface area contributed by atoms with Gasteiger partial charge in [0.2, 0.25) is 0 Å². The molecule has 0 saturated heterocycles. The van der Waals surface area contributed by atoms with E-state index in [0.29, 0.717) is 5.69 Å². The van der Waals surface area contributed by atoms with Crippen LogP contribution in [-0.4, -0.2) is 25.5 Å². The Balaban J connectivity index is 1.76. The lowest BCUT2D eigenvalue weighted by molar-refractivity contribution is -0.385. The van der Waals surface area contributed by atoms with E-state index in [0.717, 1.165) is 17.3 Å². The summed E-state index contributed by atoms with van der Waals surface area (Å²) in [6.45, 7) is 3.70. The zero-order valence-corrected chi connectivity index (χ0v) is 18.1. The van der Waals surface area contributed by atoms with E-state index in [1.807, 2.05) is 13.0 Å². The zero-order valence-electron chi connectivity index (χ0n) is 17.3. The molecule has 0 saturated carbocycles. The maximum atomic E-state index is 12.8. The van der Waals surface area contributed by atoms with Gasteiger partial charge in [0.05, 0.1) is 27.3 Å². The summed E-state index contributed by atoms with van der Waals surface area (Å²) in [5.74, 6) is -0.664. The molecule has 164 valence electrons. The van der Waals surface area contributed by atoms with Crippen LogP contribution in [0.25, 0.3) is 0 Å². The zero-order chi connectivity index (χ0) is 23.3. The van der Waals surface area contributed by atoms with Gasteiger partial charge in [0, 0.05) is 11.6 Å². The standard InChI is InChI=1S/C22H20N4O5S/c1-15-10-11-20(16(2)12-15)25-32(30,31)19-8-5-7-17(13-19)22(27)24-23-14-18-6-3-4-9-21(18)26(28)29/h3-14,25H,1-2H3,(H,24,27)/b23-14+. The second-order valence-corrected chi connectivity index (χ2v) is 8.65. The normalized spacial score (nSPS) is 11.3. The van der Waals surface area contributed by atoms with Crippen molar-refractivity contribution in [1.82, 2.24) is 5.43 Å². The second-order valence-electron chi connectivity index (χ2n) is 6.97. The van der Waals surface area contributed by atoms with Crippen molar-refractivity contribution in [2.24, 2.45) is 5.10 Å². The number of sulfonamides is 1. The molecule has 0 aliphatic carbocycles. The first-order valence-electron chi connectivity index (χ1n) is 9.44. The lowest BCUT2D eigenvalue weighted by atomic mass is 10.1. The molecule has 0 spiro atoms.